The summed E-state index contributed by atoms with van der Waals surface area (Å²) in [5, 5.41) is 2.69. The van der Waals surface area contributed by atoms with Crippen LogP contribution in [0.3, 0.4) is 0 Å². The minimum atomic E-state index is -1.01. The zero-order chi connectivity index (χ0) is 22.4. The average molecular weight is 491 g/mol. The molecule has 4 rings (SSSR count). The summed E-state index contributed by atoms with van der Waals surface area (Å²) in [5.74, 6) is -2.07. The molecule has 3 aliphatic rings. The Morgan fingerprint density at radius 2 is 1.77 bits per heavy atom. The lowest BCUT2D eigenvalue weighted by atomic mass is 9.81. The van der Waals surface area contributed by atoms with Gasteiger partial charge in [-0.1, -0.05) is 29.8 Å². The van der Waals surface area contributed by atoms with Crippen molar-refractivity contribution in [1.82, 2.24) is 4.90 Å². The number of amides is 3. The van der Waals surface area contributed by atoms with Crippen LogP contribution in [0.1, 0.15) is 38.7 Å². The van der Waals surface area contributed by atoms with Crippen LogP contribution in [0.15, 0.2) is 22.7 Å². The van der Waals surface area contributed by atoms with Crippen molar-refractivity contribution >= 4 is 45.3 Å². The highest BCUT2D eigenvalue weighted by Gasteiger charge is 2.62. The molecule has 1 aromatic rings. The van der Waals surface area contributed by atoms with E-state index in [0.717, 1.165) is 34.2 Å². The first-order valence-electron chi connectivity index (χ1n) is 10.8. The molecule has 3 fully saturated rings. The van der Waals surface area contributed by atoms with Crippen molar-refractivity contribution < 1.29 is 23.9 Å². The summed E-state index contributed by atoms with van der Waals surface area (Å²) in [6.45, 7) is 4.98. The number of ether oxygens (including phenoxy) is 1. The number of benzene rings is 1. The zero-order valence-corrected chi connectivity index (χ0v) is 19.5. The van der Waals surface area contributed by atoms with Gasteiger partial charge >= 0.3 is 5.97 Å². The number of fused-ring (bicyclic) bond motifs is 5. The molecule has 2 aliphatic carbocycles. The van der Waals surface area contributed by atoms with Crippen LogP contribution in [0, 0.1) is 36.5 Å². The molecule has 2 saturated carbocycles. The van der Waals surface area contributed by atoms with Gasteiger partial charge in [0.25, 0.3) is 5.91 Å². The molecule has 1 aliphatic heterocycles. The highest BCUT2D eigenvalue weighted by molar-refractivity contribution is 9.10. The molecule has 8 heteroatoms. The molecule has 0 radical (unpaired) electrons. The van der Waals surface area contributed by atoms with Gasteiger partial charge in [0.1, 0.15) is 6.04 Å². The van der Waals surface area contributed by atoms with Gasteiger partial charge < -0.3 is 10.1 Å². The second-order valence-electron chi connectivity index (χ2n) is 9.24. The van der Waals surface area contributed by atoms with Gasteiger partial charge in [-0.3, -0.25) is 19.3 Å². The number of carbonyl (C=O) groups is 4. The molecule has 1 N–H and O–H groups in total. The number of aryl methyl sites for hydroxylation is 1. The summed E-state index contributed by atoms with van der Waals surface area (Å²) >= 11 is 3.40. The third-order valence-corrected chi connectivity index (χ3v) is 7.79. The fourth-order valence-corrected chi connectivity index (χ4v) is 5.77. The molecule has 0 unspecified atom stereocenters. The van der Waals surface area contributed by atoms with Crippen molar-refractivity contribution in [2.75, 3.05) is 11.9 Å². The highest BCUT2D eigenvalue weighted by Crippen LogP contribution is 2.56. The molecule has 0 spiro atoms. The molecule has 0 aromatic heterocycles. The summed E-state index contributed by atoms with van der Waals surface area (Å²) in [6, 6.07) is 4.35. The lowest BCUT2D eigenvalue weighted by molar-refractivity contribution is -0.162. The van der Waals surface area contributed by atoms with Crippen LogP contribution in [0.2, 0.25) is 0 Å². The van der Waals surface area contributed by atoms with Crippen molar-refractivity contribution in [3.05, 3.63) is 28.2 Å². The van der Waals surface area contributed by atoms with Crippen LogP contribution < -0.4 is 5.32 Å². The summed E-state index contributed by atoms with van der Waals surface area (Å²) < 4.78 is 6.17. The number of imide groups is 1. The summed E-state index contributed by atoms with van der Waals surface area (Å²) in [5.41, 5.74) is 1.55. The minimum Gasteiger partial charge on any atom is -0.454 e. The van der Waals surface area contributed by atoms with E-state index in [9.17, 15) is 19.2 Å². The predicted octanol–water partition coefficient (Wildman–Crippen LogP) is 3.29. The van der Waals surface area contributed by atoms with Crippen LogP contribution in [-0.2, 0) is 23.9 Å². The molecule has 1 aromatic carbocycles. The maximum atomic E-state index is 13.1. The third-order valence-electron chi connectivity index (χ3n) is 6.90. The number of halogens is 1. The first-order chi connectivity index (χ1) is 14.7. The van der Waals surface area contributed by atoms with E-state index in [-0.39, 0.29) is 41.4 Å². The molecule has 1 heterocycles. The van der Waals surface area contributed by atoms with Gasteiger partial charge in [0.15, 0.2) is 6.61 Å². The number of carbonyl (C=O) groups excluding carboxylic acids is 4. The van der Waals surface area contributed by atoms with Gasteiger partial charge in [-0.25, -0.2) is 4.79 Å². The normalized spacial score (nSPS) is 27.6. The van der Waals surface area contributed by atoms with Crippen molar-refractivity contribution in [2.45, 2.75) is 46.1 Å². The van der Waals surface area contributed by atoms with E-state index in [1.54, 1.807) is 26.0 Å². The Kier molecular flexibility index (Phi) is 5.94. The summed E-state index contributed by atoms with van der Waals surface area (Å²) in [4.78, 5) is 52.4. The van der Waals surface area contributed by atoms with Crippen LogP contribution in [0.25, 0.3) is 0 Å². The Hall–Kier alpha value is -2.22. The molecule has 7 nitrogen and oxygen atoms in total. The fraction of sp³-hybridized carbons (Fsp3) is 0.565. The molecule has 3 amide bonds. The number of likely N-dealkylation sites (tertiary alicyclic amines) is 1. The molecule has 31 heavy (non-hydrogen) atoms. The number of nitrogens with one attached hydrogen (secondary N) is 1. The monoisotopic (exact) mass is 490 g/mol. The van der Waals surface area contributed by atoms with Gasteiger partial charge in [-0.2, -0.15) is 0 Å². The van der Waals surface area contributed by atoms with Crippen molar-refractivity contribution in [2.24, 2.45) is 29.6 Å². The smallest absolute Gasteiger partial charge is 0.330 e. The van der Waals surface area contributed by atoms with E-state index >= 15 is 0 Å². The van der Waals surface area contributed by atoms with E-state index in [0.29, 0.717) is 5.69 Å². The topological polar surface area (TPSA) is 92.8 Å². The molecule has 1 saturated heterocycles. The van der Waals surface area contributed by atoms with Crippen LogP contribution in [0.5, 0.6) is 0 Å². The average Bonchev–Trinajstić information content (AvgIpc) is 3.39. The molecule has 5 atom stereocenters. The second-order valence-corrected chi connectivity index (χ2v) is 10.1. The van der Waals surface area contributed by atoms with Gasteiger partial charge in [0.05, 0.1) is 11.8 Å². The zero-order valence-electron chi connectivity index (χ0n) is 17.9. The first kappa shape index (κ1) is 22.0. The first-order valence-corrected chi connectivity index (χ1v) is 11.6. The van der Waals surface area contributed by atoms with E-state index in [4.69, 9.17) is 4.74 Å². The quantitative estimate of drug-likeness (QED) is 0.487. The van der Waals surface area contributed by atoms with E-state index in [1.807, 2.05) is 13.0 Å². The van der Waals surface area contributed by atoms with E-state index < -0.39 is 24.5 Å². The van der Waals surface area contributed by atoms with Gasteiger partial charge in [0.2, 0.25) is 11.8 Å². The molecule has 2 bridgehead atoms. The van der Waals surface area contributed by atoms with Gasteiger partial charge in [-0.15, -0.1) is 0 Å². The van der Waals surface area contributed by atoms with E-state index in [2.05, 4.69) is 21.2 Å². The molecular weight excluding hydrogens is 464 g/mol. The summed E-state index contributed by atoms with van der Waals surface area (Å²) in [6.07, 6.45) is 2.89. The lowest BCUT2D eigenvalue weighted by Gasteiger charge is -2.28. The largest absolute Gasteiger partial charge is 0.454 e. The maximum Gasteiger partial charge on any atom is 0.330 e. The van der Waals surface area contributed by atoms with Gasteiger partial charge in [0, 0.05) is 10.2 Å². The number of hydrogen-bond donors (Lipinski definition) is 1. The minimum absolute atomic E-state index is 0.243. The standard InChI is InChI=1S/C23H27BrN2O5/c1-11(2)20(26-21(28)18-13-4-5-14(9-13)19(18)22(26)29)23(30)31-10-17(27)25-15-6-7-16(24)12(3)8-15/h6-8,11,13-14,18-20H,4-5,9-10H2,1-3H3,(H,25,27)/t13-,14-,18+,19+,20-/m0/s1. The Balaban J connectivity index is 1.41. The Labute approximate surface area is 190 Å². The Morgan fingerprint density at radius 1 is 1.16 bits per heavy atom. The lowest BCUT2D eigenvalue weighted by Crippen LogP contribution is -2.50. The number of anilines is 1. The molecule has 166 valence electrons. The van der Waals surface area contributed by atoms with Crippen LogP contribution >= 0.6 is 15.9 Å². The predicted molar refractivity (Wildman–Crippen MR) is 117 cm³/mol. The number of rotatable bonds is 6. The fourth-order valence-electron chi connectivity index (χ4n) is 5.52. The highest BCUT2D eigenvalue weighted by atomic mass is 79.9. The van der Waals surface area contributed by atoms with Gasteiger partial charge in [-0.05, 0) is 67.7 Å². The Morgan fingerprint density at radius 3 is 2.32 bits per heavy atom. The van der Waals surface area contributed by atoms with Crippen LogP contribution in [-0.4, -0.2) is 41.2 Å². The Bertz CT molecular complexity index is 918. The second kappa shape index (κ2) is 8.37. The van der Waals surface area contributed by atoms with Crippen molar-refractivity contribution in [3.8, 4) is 0 Å². The number of hydrogen-bond acceptors (Lipinski definition) is 5. The summed E-state index contributed by atoms with van der Waals surface area (Å²) in [7, 11) is 0. The van der Waals surface area contributed by atoms with Crippen molar-refractivity contribution in [3.63, 3.8) is 0 Å². The van der Waals surface area contributed by atoms with Crippen molar-refractivity contribution in [1.29, 1.82) is 0 Å². The SMILES string of the molecule is Cc1cc(NC(=O)COC(=O)[C@H](C(C)C)N2C(=O)[C@@H]3[C@H]4CC[C@@H](C4)[C@H]3C2=O)ccc1Br. The third kappa shape index (κ3) is 3.90. The van der Waals surface area contributed by atoms with E-state index in [1.165, 1.54) is 0 Å². The maximum absolute atomic E-state index is 13.1. The molecular formula is C23H27BrN2O5. The number of esters is 1. The van der Waals surface area contributed by atoms with Crippen LogP contribution in [0.4, 0.5) is 5.69 Å². The number of nitrogens with zero attached hydrogens (tertiary/aromatic N) is 1.